The van der Waals surface area contributed by atoms with E-state index in [1.54, 1.807) is 12.0 Å². The number of carbonyl (C=O) groups excluding carboxylic acids is 1. The SMILES string of the molecule is COc1ccc(C)c2c1N(C(=O)c1ccc(=O)n(CCOc3ccccc3)n1)CCC2. The summed E-state index contributed by atoms with van der Waals surface area (Å²) in [6, 6.07) is 16.1. The molecule has 0 bridgehead atoms. The molecule has 0 unspecified atom stereocenters. The molecular weight excluding hydrogens is 394 g/mol. The van der Waals surface area contributed by atoms with Crippen LogP contribution < -0.4 is 19.9 Å². The first-order chi connectivity index (χ1) is 15.1. The van der Waals surface area contributed by atoms with Crippen molar-refractivity contribution in [3.8, 4) is 11.5 Å². The van der Waals surface area contributed by atoms with E-state index in [2.05, 4.69) is 5.10 Å². The molecule has 0 N–H and O–H groups in total. The summed E-state index contributed by atoms with van der Waals surface area (Å²) in [5.74, 6) is 1.14. The zero-order chi connectivity index (χ0) is 21.8. The quantitative estimate of drug-likeness (QED) is 0.613. The van der Waals surface area contributed by atoms with E-state index in [-0.39, 0.29) is 30.3 Å². The van der Waals surface area contributed by atoms with Crippen LogP contribution in [0.1, 0.15) is 28.0 Å². The summed E-state index contributed by atoms with van der Waals surface area (Å²) >= 11 is 0. The fourth-order valence-corrected chi connectivity index (χ4v) is 3.85. The van der Waals surface area contributed by atoms with Crippen LogP contribution in [0.25, 0.3) is 0 Å². The number of anilines is 1. The van der Waals surface area contributed by atoms with E-state index in [1.807, 2.05) is 49.4 Å². The van der Waals surface area contributed by atoms with Crippen molar-refractivity contribution in [3.05, 3.63) is 81.8 Å². The van der Waals surface area contributed by atoms with Gasteiger partial charge in [0.25, 0.3) is 11.5 Å². The fourth-order valence-electron chi connectivity index (χ4n) is 3.85. The number of carbonyl (C=O) groups is 1. The molecule has 1 amide bonds. The molecule has 2 heterocycles. The van der Waals surface area contributed by atoms with Gasteiger partial charge in [-0.05, 0) is 55.2 Å². The summed E-state index contributed by atoms with van der Waals surface area (Å²) in [5, 5.41) is 4.32. The average Bonchev–Trinajstić information content (AvgIpc) is 2.80. The van der Waals surface area contributed by atoms with E-state index < -0.39 is 0 Å². The first-order valence-electron chi connectivity index (χ1n) is 10.3. The maximum absolute atomic E-state index is 13.4. The van der Waals surface area contributed by atoms with Crippen LogP contribution in [0.4, 0.5) is 5.69 Å². The molecule has 0 fully saturated rings. The van der Waals surface area contributed by atoms with Crippen molar-refractivity contribution in [2.75, 3.05) is 25.2 Å². The van der Waals surface area contributed by atoms with Crippen molar-refractivity contribution in [2.45, 2.75) is 26.3 Å². The molecule has 0 saturated carbocycles. The maximum Gasteiger partial charge on any atom is 0.278 e. The Hall–Kier alpha value is -3.61. The number of aromatic nitrogens is 2. The first kappa shape index (κ1) is 20.7. The third-order valence-corrected chi connectivity index (χ3v) is 5.42. The van der Waals surface area contributed by atoms with E-state index in [1.165, 1.54) is 16.8 Å². The summed E-state index contributed by atoms with van der Waals surface area (Å²) in [6.45, 7) is 3.13. The van der Waals surface area contributed by atoms with E-state index in [9.17, 15) is 9.59 Å². The molecule has 7 heteroatoms. The number of nitrogens with zero attached hydrogens (tertiary/aromatic N) is 3. The first-order valence-corrected chi connectivity index (χ1v) is 10.3. The minimum atomic E-state index is -0.277. The lowest BCUT2D eigenvalue weighted by molar-refractivity contribution is 0.0976. The van der Waals surface area contributed by atoms with Gasteiger partial charge in [-0.1, -0.05) is 24.3 Å². The van der Waals surface area contributed by atoms with Gasteiger partial charge in [0.15, 0.2) is 0 Å². The second-order valence-corrected chi connectivity index (χ2v) is 7.41. The van der Waals surface area contributed by atoms with Gasteiger partial charge in [0.1, 0.15) is 23.8 Å². The number of benzene rings is 2. The molecule has 0 spiro atoms. The Morgan fingerprint density at radius 3 is 2.68 bits per heavy atom. The largest absolute Gasteiger partial charge is 0.495 e. The van der Waals surface area contributed by atoms with Crippen molar-refractivity contribution < 1.29 is 14.3 Å². The molecule has 0 atom stereocenters. The maximum atomic E-state index is 13.4. The van der Waals surface area contributed by atoms with Gasteiger partial charge in [-0.2, -0.15) is 5.10 Å². The summed E-state index contributed by atoms with van der Waals surface area (Å²) in [6.07, 6.45) is 1.75. The zero-order valence-corrected chi connectivity index (χ0v) is 17.7. The molecule has 4 rings (SSSR count). The Balaban J connectivity index is 1.57. The highest BCUT2D eigenvalue weighted by Gasteiger charge is 2.29. The zero-order valence-electron chi connectivity index (χ0n) is 17.7. The molecule has 31 heavy (non-hydrogen) atoms. The minimum absolute atomic E-state index is 0.218. The summed E-state index contributed by atoms with van der Waals surface area (Å²) in [5.41, 5.74) is 2.98. The lowest BCUT2D eigenvalue weighted by Gasteiger charge is -2.31. The second kappa shape index (κ2) is 9.04. The number of amides is 1. The number of methoxy groups -OCH3 is 1. The number of hydrogen-bond acceptors (Lipinski definition) is 5. The van der Waals surface area contributed by atoms with Crippen molar-refractivity contribution in [3.63, 3.8) is 0 Å². The highest BCUT2D eigenvalue weighted by Crippen LogP contribution is 2.38. The van der Waals surface area contributed by atoms with Gasteiger partial charge in [-0.25, -0.2) is 4.68 Å². The van der Waals surface area contributed by atoms with Gasteiger partial charge in [-0.15, -0.1) is 0 Å². The number of rotatable bonds is 6. The molecule has 7 nitrogen and oxygen atoms in total. The molecule has 3 aromatic rings. The van der Waals surface area contributed by atoms with E-state index in [4.69, 9.17) is 9.47 Å². The second-order valence-electron chi connectivity index (χ2n) is 7.41. The van der Waals surface area contributed by atoms with Crippen LogP contribution in [0.5, 0.6) is 11.5 Å². The molecule has 0 aliphatic carbocycles. The molecule has 0 saturated heterocycles. The van der Waals surface area contributed by atoms with Gasteiger partial charge in [0.05, 0.1) is 19.3 Å². The standard InChI is InChI=1S/C24H25N3O4/c1-17-10-12-21(30-2)23-19(17)9-6-14-26(23)24(29)20-11-13-22(28)27(25-20)15-16-31-18-7-4-3-5-8-18/h3-5,7-8,10-13H,6,9,14-16H2,1-2H3. The number of fused-ring (bicyclic) bond motifs is 1. The van der Waals surface area contributed by atoms with Crippen LogP contribution in [0.3, 0.4) is 0 Å². The van der Waals surface area contributed by atoms with Crippen molar-refractivity contribution >= 4 is 11.6 Å². The van der Waals surface area contributed by atoms with Gasteiger partial charge in [-0.3, -0.25) is 9.59 Å². The Kier molecular flexibility index (Phi) is 6.02. The number of aryl methyl sites for hydroxylation is 1. The van der Waals surface area contributed by atoms with Crippen LogP contribution in [-0.2, 0) is 13.0 Å². The van der Waals surface area contributed by atoms with Crippen LogP contribution >= 0.6 is 0 Å². The van der Waals surface area contributed by atoms with Gasteiger partial charge >= 0.3 is 0 Å². The third-order valence-electron chi connectivity index (χ3n) is 5.42. The molecule has 0 radical (unpaired) electrons. The molecule has 2 aromatic carbocycles. The average molecular weight is 419 g/mol. The molecule has 160 valence electrons. The van der Waals surface area contributed by atoms with Crippen LogP contribution in [0, 0.1) is 6.92 Å². The highest BCUT2D eigenvalue weighted by molar-refractivity contribution is 6.06. The van der Waals surface area contributed by atoms with Gasteiger partial charge in [0, 0.05) is 12.6 Å². The molecule has 1 aliphatic heterocycles. The molecule has 1 aromatic heterocycles. The fraction of sp³-hybridized carbons (Fsp3) is 0.292. The van der Waals surface area contributed by atoms with Crippen LogP contribution in [-0.4, -0.2) is 35.9 Å². The minimum Gasteiger partial charge on any atom is -0.495 e. The van der Waals surface area contributed by atoms with Crippen LogP contribution in [0.2, 0.25) is 0 Å². The monoisotopic (exact) mass is 419 g/mol. The van der Waals surface area contributed by atoms with Crippen molar-refractivity contribution in [1.82, 2.24) is 9.78 Å². The Morgan fingerprint density at radius 1 is 1.10 bits per heavy atom. The van der Waals surface area contributed by atoms with Gasteiger partial charge in [0.2, 0.25) is 0 Å². The van der Waals surface area contributed by atoms with Crippen LogP contribution in [0.15, 0.2) is 59.4 Å². The Labute approximate surface area is 180 Å². The number of hydrogen-bond donors (Lipinski definition) is 0. The van der Waals surface area contributed by atoms with E-state index >= 15 is 0 Å². The topological polar surface area (TPSA) is 73.7 Å². The lowest BCUT2D eigenvalue weighted by atomic mass is 9.96. The van der Waals surface area contributed by atoms with Gasteiger partial charge < -0.3 is 14.4 Å². The Bertz CT molecular complexity index is 1140. The highest BCUT2D eigenvalue weighted by atomic mass is 16.5. The third kappa shape index (κ3) is 4.30. The summed E-state index contributed by atoms with van der Waals surface area (Å²) in [7, 11) is 1.60. The summed E-state index contributed by atoms with van der Waals surface area (Å²) in [4.78, 5) is 27.3. The lowest BCUT2D eigenvalue weighted by Crippen LogP contribution is -2.38. The molecule has 1 aliphatic rings. The number of ether oxygens (including phenoxy) is 2. The predicted molar refractivity (Wildman–Crippen MR) is 118 cm³/mol. The molecular formula is C24H25N3O4. The van der Waals surface area contributed by atoms with Crippen molar-refractivity contribution in [1.29, 1.82) is 0 Å². The van der Waals surface area contributed by atoms with E-state index in [0.29, 0.717) is 12.3 Å². The van der Waals surface area contributed by atoms with Crippen molar-refractivity contribution in [2.24, 2.45) is 0 Å². The number of para-hydroxylation sites is 1. The van der Waals surface area contributed by atoms with E-state index in [0.717, 1.165) is 35.4 Å². The smallest absolute Gasteiger partial charge is 0.278 e. The Morgan fingerprint density at radius 2 is 1.90 bits per heavy atom. The normalized spacial score (nSPS) is 12.9. The predicted octanol–water partition coefficient (Wildman–Crippen LogP) is 3.23. The summed E-state index contributed by atoms with van der Waals surface area (Å²) < 4.78 is 12.5.